The molecule has 0 saturated carbocycles. The molecule has 4 heteroatoms. The van der Waals surface area contributed by atoms with Gasteiger partial charge in [-0.15, -0.1) is 11.6 Å². The Kier molecular flexibility index (Phi) is 3.87. The zero-order valence-electron chi connectivity index (χ0n) is 10.1. The molecule has 0 N–H and O–H groups in total. The molecular weight excluding hydrogens is 222 g/mol. The summed E-state index contributed by atoms with van der Waals surface area (Å²) < 4.78 is 2.01. The van der Waals surface area contributed by atoms with Gasteiger partial charge in [0.05, 0.1) is 5.69 Å². The van der Waals surface area contributed by atoms with E-state index in [-0.39, 0.29) is 0 Å². The summed E-state index contributed by atoms with van der Waals surface area (Å²) in [7, 11) is 0. The summed E-state index contributed by atoms with van der Waals surface area (Å²) in [6, 6.07) is 3.10. The second kappa shape index (κ2) is 5.19. The molecule has 1 fully saturated rings. The lowest BCUT2D eigenvalue weighted by Crippen LogP contribution is -2.30. The second-order valence-corrected chi connectivity index (χ2v) is 5.11. The number of hydrogen-bond donors (Lipinski definition) is 0. The lowest BCUT2D eigenvalue weighted by molar-refractivity contribution is 0.258. The normalized spacial score (nSPS) is 22.1. The molecule has 1 unspecified atom stereocenters. The van der Waals surface area contributed by atoms with E-state index in [4.69, 9.17) is 11.6 Å². The summed E-state index contributed by atoms with van der Waals surface area (Å²) >= 11 is 5.96. The van der Waals surface area contributed by atoms with E-state index in [1.54, 1.807) is 0 Å². The highest BCUT2D eigenvalue weighted by molar-refractivity contribution is 6.18. The van der Waals surface area contributed by atoms with Gasteiger partial charge in [0.1, 0.15) is 0 Å². The third kappa shape index (κ3) is 2.58. The fourth-order valence-corrected chi connectivity index (χ4v) is 2.58. The van der Waals surface area contributed by atoms with Crippen LogP contribution in [-0.4, -0.2) is 33.1 Å². The van der Waals surface area contributed by atoms with Gasteiger partial charge < -0.3 is 0 Å². The van der Waals surface area contributed by atoms with Gasteiger partial charge >= 0.3 is 0 Å². The number of rotatable bonds is 4. The maximum atomic E-state index is 5.96. The Hall–Kier alpha value is -0.540. The van der Waals surface area contributed by atoms with Gasteiger partial charge in [-0.05, 0) is 39.3 Å². The van der Waals surface area contributed by atoms with E-state index in [1.807, 2.05) is 4.68 Å². The average Bonchev–Trinajstić information content (AvgIpc) is 2.87. The van der Waals surface area contributed by atoms with Crippen LogP contribution in [0.25, 0.3) is 0 Å². The summed E-state index contributed by atoms with van der Waals surface area (Å²) in [5.41, 5.74) is 1.16. The Bertz CT molecular complexity index is 335. The summed E-state index contributed by atoms with van der Waals surface area (Å²) in [6.07, 6.45) is 4.56. The first-order valence-corrected chi connectivity index (χ1v) is 6.58. The molecule has 0 radical (unpaired) electrons. The molecule has 0 bridgehead atoms. The highest BCUT2D eigenvalue weighted by Gasteiger charge is 2.24. The molecule has 2 rings (SSSR count). The van der Waals surface area contributed by atoms with Gasteiger partial charge in [0.25, 0.3) is 0 Å². The van der Waals surface area contributed by atoms with Gasteiger partial charge in [0.2, 0.25) is 0 Å². The number of halogens is 1. The van der Waals surface area contributed by atoms with Crippen LogP contribution < -0.4 is 0 Å². The van der Waals surface area contributed by atoms with E-state index in [1.165, 1.54) is 12.8 Å². The van der Waals surface area contributed by atoms with E-state index in [0.29, 0.717) is 12.1 Å². The SMILES string of the molecule is CC(C)n1ccc(CN2CCCC2CCl)n1. The summed E-state index contributed by atoms with van der Waals surface area (Å²) in [4.78, 5) is 2.44. The molecular formula is C12H20ClN3. The van der Waals surface area contributed by atoms with E-state index < -0.39 is 0 Å². The standard InChI is InChI=1S/C12H20ClN3/c1-10(2)16-7-5-11(14-16)9-15-6-3-4-12(15)8-13/h5,7,10,12H,3-4,6,8-9H2,1-2H3. The molecule has 0 spiro atoms. The van der Waals surface area contributed by atoms with Crippen LogP contribution in [0.2, 0.25) is 0 Å². The summed E-state index contributed by atoms with van der Waals surface area (Å²) in [5.74, 6) is 0.741. The molecule has 0 amide bonds. The fraction of sp³-hybridized carbons (Fsp3) is 0.750. The molecule has 0 aromatic carbocycles. The van der Waals surface area contributed by atoms with Crippen molar-refractivity contribution in [1.29, 1.82) is 0 Å². The number of likely N-dealkylation sites (tertiary alicyclic amines) is 1. The van der Waals surface area contributed by atoms with Crippen molar-refractivity contribution in [3.63, 3.8) is 0 Å². The van der Waals surface area contributed by atoms with Gasteiger partial charge in [-0.3, -0.25) is 9.58 Å². The first-order valence-electron chi connectivity index (χ1n) is 6.04. The van der Waals surface area contributed by atoms with Gasteiger partial charge in [-0.25, -0.2) is 0 Å². The zero-order valence-corrected chi connectivity index (χ0v) is 10.8. The predicted octanol–water partition coefficient (Wildman–Crippen LogP) is 2.67. The topological polar surface area (TPSA) is 21.1 Å². The van der Waals surface area contributed by atoms with E-state index in [2.05, 4.69) is 36.1 Å². The quantitative estimate of drug-likeness (QED) is 0.756. The van der Waals surface area contributed by atoms with Crippen LogP contribution in [-0.2, 0) is 6.54 Å². The first-order chi connectivity index (χ1) is 7.70. The van der Waals surface area contributed by atoms with Crippen LogP contribution in [0.3, 0.4) is 0 Å². The molecule has 1 aliphatic heterocycles. The third-order valence-corrected chi connectivity index (χ3v) is 3.59. The Balaban J connectivity index is 1.97. The van der Waals surface area contributed by atoms with E-state index >= 15 is 0 Å². The molecule has 1 saturated heterocycles. The molecule has 16 heavy (non-hydrogen) atoms. The van der Waals surface area contributed by atoms with Crippen molar-refractivity contribution in [2.45, 2.75) is 45.3 Å². The van der Waals surface area contributed by atoms with Crippen LogP contribution >= 0.6 is 11.6 Å². The lowest BCUT2D eigenvalue weighted by Gasteiger charge is -2.21. The minimum Gasteiger partial charge on any atom is -0.293 e. The van der Waals surface area contributed by atoms with Gasteiger partial charge in [-0.2, -0.15) is 5.10 Å². The van der Waals surface area contributed by atoms with Crippen LogP contribution in [0.4, 0.5) is 0 Å². The number of hydrogen-bond acceptors (Lipinski definition) is 2. The van der Waals surface area contributed by atoms with Gasteiger partial charge in [0, 0.05) is 30.7 Å². The molecule has 90 valence electrons. The Labute approximate surface area is 102 Å². The van der Waals surface area contributed by atoms with E-state index in [0.717, 1.165) is 24.7 Å². The molecule has 1 aromatic heterocycles. The maximum absolute atomic E-state index is 5.96. The van der Waals surface area contributed by atoms with Crippen molar-refractivity contribution in [2.75, 3.05) is 12.4 Å². The second-order valence-electron chi connectivity index (χ2n) is 4.80. The Morgan fingerprint density at radius 2 is 2.38 bits per heavy atom. The van der Waals surface area contributed by atoms with Crippen LogP contribution in [0, 0.1) is 0 Å². The van der Waals surface area contributed by atoms with Crippen molar-refractivity contribution < 1.29 is 0 Å². The maximum Gasteiger partial charge on any atom is 0.0765 e. The number of nitrogens with zero attached hydrogens (tertiary/aromatic N) is 3. The third-order valence-electron chi connectivity index (χ3n) is 3.23. The molecule has 0 aliphatic carbocycles. The molecule has 1 aliphatic rings. The summed E-state index contributed by atoms with van der Waals surface area (Å²) in [6.45, 7) is 6.39. The van der Waals surface area contributed by atoms with Crippen LogP contribution in [0.15, 0.2) is 12.3 Å². The molecule has 2 heterocycles. The van der Waals surface area contributed by atoms with Gasteiger partial charge in [0.15, 0.2) is 0 Å². The minimum absolute atomic E-state index is 0.441. The largest absolute Gasteiger partial charge is 0.293 e. The smallest absolute Gasteiger partial charge is 0.0765 e. The zero-order chi connectivity index (χ0) is 11.5. The Morgan fingerprint density at radius 3 is 3.00 bits per heavy atom. The van der Waals surface area contributed by atoms with Crippen LogP contribution in [0.1, 0.15) is 38.4 Å². The van der Waals surface area contributed by atoms with Crippen LogP contribution in [0.5, 0.6) is 0 Å². The van der Waals surface area contributed by atoms with Crippen molar-refractivity contribution in [1.82, 2.24) is 14.7 Å². The number of alkyl halides is 1. The van der Waals surface area contributed by atoms with Gasteiger partial charge in [-0.1, -0.05) is 0 Å². The highest BCUT2D eigenvalue weighted by atomic mass is 35.5. The molecule has 1 atom stereocenters. The highest BCUT2D eigenvalue weighted by Crippen LogP contribution is 2.20. The minimum atomic E-state index is 0.441. The monoisotopic (exact) mass is 241 g/mol. The van der Waals surface area contributed by atoms with Crippen molar-refractivity contribution in [2.24, 2.45) is 0 Å². The van der Waals surface area contributed by atoms with Crippen molar-refractivity contribution >= 4 is 11.6 Å². The molecule has 3 nitrogen and oxygen atoms in total. The molecule has 1 aromatic rings. The fourth-order valence-electron chi connectivity index (χ4n) is 2.24. The van der Waals surface area contributed by atoms with Crippen molar-refractivity contribution in [3.05, 3.63) is 18.0 Å². The first kappa shape index (κ1) is 11.9. The number of aromatic nitrogens is 2. The van der Waals surface area contributed by atoms with Crippen molar-refractivity contribution in [3.8, 4) is 0 Å². The predicted molar refractivity (Wildman–Crippen MR) is 66.8 cm³/mol. The average molecular weight is 242 g/mol. The van der Waals surface area contributed by atoms with E-state index in [9.17, 15) is 0 Å². The summed E-state index contributed by atoms with van der Waals surface area (Å²) in [5, 5.41) is 4.57. The lowest BCUT2D eigenvalue weighted by atomic mass is 10.2. The Morgan fingerprint density at radius 1 is 1.56 bits per heavy atom.